The van der Waals surface area contributed by atoms with Crippen LogP contribution < -0.4 is 34.5 Å². The minimum absolute atomic E-state index is 0. The second-order valence-electron chi connectivity index (χ2n) is 3.91. The van der Waals surface area contributed by atoms with Crippen LogP contribution in [0.3, 0.4) is 0 Å². The van der Waals surface area contributed by atoms with Gasteiger partial charge in [0.2, 0.25) is 5.79 Å². The van der Waals surface area contributed by atoms with E-state index in [9.17, 15) is 24.2 Å². The van der Waals surface area contributed by atoms with E-state index in [0.29, 0.717) is 0 Å². The quantitative estimate of drug-likeness (QED) is 0.186. The number of aliphatic hydroxyl groups excluding tert-OH is 3. The standard InChI is InChI=1S/C6H14O12P2.Na.H2O/c7-2-6(18-20(13,14)15)5(9)4(8)3(17-6)1-16-19(10,11)12;;/h3-5,7-9H,1-2H2,(H2,10,11,12)(H2,13,14,15);;1H2/q;+1;/p-1. The molecule has 5 unspecified atom stereocenters. The summed E-state index contributed by atoms with van der Waals surface area (Å²) in [5.41, 5.74) is 0. The smallest absolute Gasteiger partial charge is 0.756 e. The number of phosphoric acid groups is 2. The number of aliphatic hydroxyl groups is 3. The van der Waals surface area contributed by atoms with Crippen molar-refractivity contribution in [1.29, 1.82) is 0 Å². The van der Waals surface area contributed by atoms with Gasteiger partial charge < -0.3 is 45.1 Å². The van der Waals surface area contributed by atoms with Crippen LogP contribution in [0.1, 0.15) is 0 Å². The number of phosphoric ester groups is 2. The second kappa shape index (κ2) is 8.92. The maximum atomic E-state index is 10.6. The summed E-state index contributed by atoms with van der Waals surface area (Å²) < 4.78 is 33.9. The Bertz CT molecular complexity index is 434. The minimum atomic E-state index is -5.44. The molecule has 1 aliphatic heterocycles. The number of hydrogen-bond donors (Lipinski definition) is 6. The molecule has 1 fully saturated rings. The largest absolute Gasteiger partial charge is 1.00 e. The van der Waals surface area contributed by atoms with Crippen molar-refractivity contribution in [2.24, 2.45) is 0 Å². The van der Waals surface area contributed by atoms with Crippen LogP contribution in [-0.4, -0.2) is 72.8 Å². The molecule has 0 aromatic heterocycles. The average Bonchev–Trinajstić information content (AvgIpc) is 2.49. The third kappa shape index (κ3) is 6.87. The molecular formula is C6H15NaO13P2. The fraction of sp³-hybridized carbons (Fsp3) is 1.00. The molecule has 0 aromatic carbocycles. The Balaban J connectivity index is 0. The first-order chi connectivity index (χ1) is 8.90. The van der Waals surface area contributed by atoms with Gasteiger partial charge in [0.1, 0.15) is 24.9 Å². The van der Waals surface area contributed by atoms with Crippen LogP contribution >= 0.6 is 15.6 Å². The minimum Gasteiger partial charge on any atom is -0.756 e. The van der Waals surface area contributed by atoms with Crippen LogP contribution in [0.5, 0.6) is 0 Å². The molecule has 1 heterocycles. The Morgan fingerprint density at radius 2 is 1.73 bits per heavy atom. The monoisotopic (exact) mass is 380 g/mol. The van der Waals surface area contributed by atoms with Gasteiger partial charge in [-0.3, -0.25) is 13.6 Å². The van der Waals surface area contributed by atoms with E-state index in [-0.39, 0.29) is 35.0 Å². The van der Waals surface area contributed by atoms with E-state index in [4.69, 9.17) is 24.5 Å². The maximum Gasteiger partial charge on any atom is 1.00 e. The molecule has 1 saturated heterocycles. The average molecular weight is 380 g/mol. The molecule has 0 bridgehead atoms. The van der Waals surface area contributed by atoms with Crippen LogP contribution in [0.4, 0.5) is 0 Å². The van der Waals surface area contributed by atoms with Crippen LogP contribution in [0.15, 0.2) is 0 Å². The maximum absolute atomic E-state index is 10.6. The van der Waals surface area contributed by atoms with Gasteiger partial charge in [0.15, 0.2) is 0 Å². The number of ether oxygens (including phenoxy) is 1. The Morgan fingerprint density at radius 1 is 1.23 bits per heavy atom. The van der Waals surface area contributed by atoms with Gasteiger partial charge in [-0.2, -0.15) is 0 Å². The van der Waals surface area contributed by atoms with Crippen molar-refractivity contribution in [3.63, 3.8) is 0 Å². The zero-order chi connectivity index (χ0) is 15.8. The van der Waals surface area contributed by atoms with E-state index in [1.165, 1.54) is 0 Å². The topological polar surface area (TPSA) is 238 Å². The van der Waals surface area contributed by atoms with Crippen LogP contribution in [0.2, 0.25) is 0 Å². The molecule has 16 heteroatoms. The SMILES string of the molecule is O.O=P([O-])(O)OC1(CO)OC(COP(=O)(O)O)C(O)C1O.[Na+]. The van der Waals surface area contributed by atoms with Crippen molar-refractivity contribution in [3.8, 4) is 0 Å². The molecule has 128 valence electrons. The van der Waals surface area contributed by atoms with Gasteiger partial charge in [0.25, 0.3) is 7.82 Å². The van der Waals surface area contributed by atoms with Gasteiger partial charge in [-0.15, -0.1) is 0 Å². The summed E-state index contributed by atoms with van der Waals surface area (Å²) in [6.45, 7) is -2.20. The van der Waals surface area contributed by atoms with Crippen molar-refractivity contribution in [2.75, 3.05) is 13.2 Å². The third-order valence-corrected chi connectivity index (χ3v) is 3.43. The molecule has 13 nitrogen and oxygen atoms in total. The molecule has 0 spiro atoms. The molecule has 1 rings (SSSR count). The summed E-state index contributed by atoms with van der Waals surface area (Å²) in [6.07, 6.45) is -5.62. The molecule has 8 N–H and O–H groups in total. The first-order valence-corrected chi connectivity index (χ1v) is 8.02. The molecule has 0 saturated carbocycles. The molecule has 0 radical (unpaired) electrons. The van der Waals surface area contributed by atoms with Crippen molar-refractivity contribution < 1.29 is 92.8 Å². The van der Waals surface area contributed by atoms with Gasteiger partial charge in [0, 0.05) is 0 Å². The van der Waals surface area contributed by atoms with E-state index >= 15 is 0 Å². The van der Waals surface area contributed by atoms with Gasteiger partial charge >= 0.3 is 37.4 Å². The van der Waals surface area contributed by atoms with E-state index in [2.05, 4.69) is 9.05 Å². The number of hydrogen-bond acceptors (Lipinski definition) is 9. The summed E-state index contributed by atoms with van der Waals surface area (Å²) >= 11 is 0. The van der Waals surface area contributed by atoms with E-state index < -0.39 is 53.0 Å². The molecule has 1 aliphatic rings. The first-order valence-electron chi connectivity index (χ1n) is 5.00. The molecule has 22 heavy (non-hydrogen) atoms. The van der Waals surface area contributed by atoms with Crippen LogP contribution in [0, 0.1) is 0 Å². The van der Waals surface area contributed by atoms with Crippen molar-refractivity contribution in [3.05, 3.63) is 0 Å². The van der Waals surface area contributed by atoms with E-state index in [1.807, 2.05) is 0 Å². The second-order valence-corrected chi connectivity index (χ2v) is 6.27. The van der Waals surface area contributed by atoms with Gasteiger partial charge in [0.05, 0.1) is 6.61 Å². The van der Waals surface area contributed by atoms with E-state index in [0.717, 1.165) is 0 Å². The normalized spacial score (nSPS) is 34.4. The van der Waals surface area contributed by atoms with Gasteiger partial charge in [-0.25, -0.2) is 4.57 Å². The Labute approximate surface area is 145 Å². The third-order valence-electron chi connectivity index (χ3n) is 2.40. The Kier molecular flexibility index (Phi) is 10.2. The van der Waals surface area contributed by atoms with Crippen molar-refractivity contribution in [1.82, 2.24) is 0 Å². The fourth-order valence-corrected chi connectivity index (χ4v) is 2.53. The summed E-state index contributed by atoms with van der Waals surface area (Å²) in [6, 6.07) is 0. The van der Waals surface area contributed by atoms with Crippen LogP contribution in [-0.2, 0) is 22.9 Å². The molecule has 0 aliphatic carbocycles. The van der Waals surface area contributed by atoms with Crippen molar-refractivity contribution >= 4 is 15.6 Å². The first kappa shape index (κ1) is 25.3. The van der Waals surface area contributed by atoms with Gasteiger partial charge in [-0.05, 0) is 0 Å². The predicted molar refractivity (Wildman–Crippen MR) is 59.2 cm³/mol. The Hall–Kier alpha value is 1.02. The zero-order valence-corrected chi connectivity index (χ0v) is 15.0. The van der Waals surface area contributed by atoms with Crippen LogP contribution in [0.25, 0.3) is 0 Å². The summed E-state index contributed by atoms with van der Waals surface area (Å²) in [7, 11) is -10.3. The number of rotatable bonds is 6. The summed E-state index contributed by atoms with van der Waals surface area (Å²) in [5, 5.41) is 28.2. The fourth-order valence-electron chi connectivity index (χ4n) is 1.59. The summed E-state index contributed by atoms with van der Waals surface area (Å²) in [5.74, 6) is -2.70. The van der Waals surface area contributed by atoms with E-state index in [1.54, 1.807) is 0 Å². The summed E-state index contributed by atoms with van der Waals surface area (Å²) in [4.78, 5) is 36.2. The van der Waals surface area contributed by atoms with Gasteiger partial charge in [-0.1, -0.05) is 0 Å². The Morgan fingerprint density at radius 3 is 2.09 bits per heavy atom. The predicted octanol–water partition coefficient (Wildman–Crippen LogP) is -7.44. The molecule has 0 aromatic rings. The zero-order valence-electron chi connectivity index (χ0n) is 11.2. The molecular weight excluding hydrogens is 365 g/mol. The molecule has 5 atom stereocenters. The van der Waals surface area contributed by atoms with Crippen molar-refractivity contribution in [2.45, 2.75) is 24.1 Å². The molecule has 0 amide bonds.